The van der Waals surface area contributed by atoms with Gasteiger partial charge in [0, 0.05) is 19.6 Å². The Morgan fingerprint density at radius 1 is 1.13 bits per heavy atom. The number of phenols is 1. The molecule has 0 atom stereocenters. The number of sulfonamides is 1. The minimum atomic E-state index is -3.25. The summed E-state index contributed by atoms with van der Waals surface area (Å²) in [5, 5.41) is 12.5. The number of nitrogens with zero attached hydrogens (tertiary/aromatic N) is 1. The van der Waals surface area contributed by atoms with Crippen LogP contribution in [0, 0.1) is 5.82 Å². The summed E-state index contributed by atoms with van der Waals surface area (Å²) in [6, 6.07) is 13.6. The van der Waals surface area contributed by atoms with Gasteiger partial charge in [0.15, 0.2) is 0 Å². The third-order valence-corrected chi connectivity index (χ3v) is 8.11. The number of halogens is 1. The van der Waals surface area contributed by atoms with Crippen molar-refractivity contribution in [3.63, 3.8) is 0 Å². The molecule has 0 aliphatic carbocycles. The quantitative estimate of drug-likeness (QED) is 0.648. The largest absolute Gasteiger partial charge is 0.507 e. The highest BCUT2D eigenvalue weighted by Gasteiger charge is 2.38. The van der Waals surface area contributed by atoms with Crippen LogP contribution in [0.25, 0.3) is 0 Å². The summed E-state index contributed by atoms with van der Waals surface area (Å²) in [5.74, 6) is -1.69. The average Bonchev–Trinajstić information content (AvgIpc) is 2.74. The number of carbonyl (C=O) groups excluding carboxylic acids is 1. The predicted molar refractivity (Wildman–Crippen MR) is 118 cm³/mol. The molecule has 0 spiro atoms. The zero-order valence-corrected chi connectivity index (χ0v) is 18.5. The van der Waals surface area contributed by atoms with Gasteiger partial charge in [-0.1, -0.05) is 43.3 Å². The lowest BCUT2D eigenvalue weighted by atomic mass is 9.71. The summed E-state index contributed by atoms with van der Waals surface area (Å²) in [6.07, 6.45) is 2.44. The highest BCUT2D eigenvalue weighted by molar-refractivity contribution is 7.89. The first-order valence-electron chi connectivity index (χ1n) is 10.6. The Balaban J connectivity index is 1.72. The van der Waals surface area contributed by atoms with Gasteiger partial charge in [-0.25, -0.2) is 17.1 Å². The summed E-state index contributed by atoms with van der Waals surface area (Å²) < 4.78 is 40.5. The monoisotopic (exact) mass is 448 g/mol. The van der Waals surface area contributed by atoms with Crippen molar-refractivity contribution in [2.24, 2.45) is 0 Å². The zero-order valence-electron chi connectivity index (χ0n) is 17.7. The number of benzene rings is 2. The molecule has 1 saturated heterocycles. The highest BCUT2D eigenvalue weighted by atomic mass is 32.2. The van der Waals surface area contributed by atoms with Gasteiger partial charge >= 0.3 is 0 Å². The first kappa shape index (κ1) is 23.2. The normalized spacial score (nSPS) is 16.7. The summed E-state index contributed by atoms with van der Waals surface area (Å²) in [4.78, 5) is 12.4. The fourth-order valence-electron chi connectivity index (χ4n) is 4.30. The topological polar surface area (TPSA) is 86.7 Å². The molecular weight excluding hydrogens is 419 g/mol. The van der Waals surface area contributed by atoms with Gasteiger partial charge in [-0.15, -0.1) is 0 Å². The van der Waals surface area contributed by atoms with Crippen molar-refractivity contribution < 1.29 is 22.7 Å². The molecular formula is C23H29FN2O4S. The molecule has 2 aromatic rings. The Labute approximate surface area is 183 Å². The lowest BCUT2D eigenvalue weighted by molar-refractivity contribution is 0.0940. The van der Waals surface area contributed by atoms with Crippen molar-refractivity contribution in [1.29, 1.82) is 0 Å². The number of carbonyl (C=O) groups is 1. The molecule has 0 saturated carbocycles. The lowest BCUT2D eigenvalue weighted by Crippen LogP contribution is -2.47. The van der Waals surface area contributed by atoms with E-state index in [-0.39, 0.29) is 23.3 Å². The number of phenolic OH excluding ortho intramolecular Hbond substituents is 1. The molecule has 1 aliphatic rings. The van der Waals surface area contributed by atoms with E-state index in [1.54, 1.807) is 4.31 Å². The molecule has 0 bridgehead atoms. The molecule has 1 aliphatic heterocycles. The molecule has 168 valence electrons. The van der Waals surface area contributed by atoms with Crippen LogP contribution in [0.3, 0.4) is 0 Å². The van der Waals surface area contributed by atoms with Crippen LogP contribution >= 0.6 is 0 Å². The highest BCUT2D eigenvalue weighted by Crippen LogP contribution is 2.39. The van der Waals surface area contributed by atoms with Crippen LogP contribution in [0.15, 0.2) is 48.5 Å². The van der Waals surface area contributed by atoms with Gasteiger partial charge < -0.3 is 10.4 Å². The minimum absolute atomic E-state index is 0.146. The van der Waals surface area contributed by atoms with E-state index in [1.807, 2.05) is 37.3 Å². The molecule has 0 aromatic heterocycles. The fourth-order valence-corrected chi connectivity index (χ4v) is 5.81. The van der Waals surface area contributed by atoms with Gasteiger partial charge in [-0.3, -0.25) is 4.79 Å². The molecule has 1 heterocycles. The van der Waals surface area contributed by atoms with Crippen LogP contribution in [0.1, 0.15) is 48.5 Å². The maximum absolute atomic E-state index is 14.0. The third kappa shape index (κ3) is 5.25. The van der Waals surface area contributed by atoms with E-state index >= 15 is 0 Å². The smallest absolute Gasteiger partial charge is 0.258 e. The summed E-state index contributed by atoms with van der Waals surface area (Å²) in [7, 11) is -3.25. The van der Waals surface area contributed by atoms with E-state index < -0.39 is 27.5 Å². The number of piperidine rings is 1. The number of nitrogens with one attached hydrogen (secondary N) is 1. The van der Waals surface area contributed by atoms with E-state index in [2.05, 4.69) is 5.32 Å². The average molecular weight is 449 g/mol. The fraction of sp³-hybridized carbons (Fsp3) is 0.435. The van der Waals surface area contributed by atoms with Crippen molar-refractivity contribution in [3.8, 4) is 5.75 Å². The van der Waals surface area contributed by atoms with E-state index in [0.717, 1.165) is 11.6 Å². The van der Waals surface area contributed by atoms with E-state index in [1.165, 1.54) is 12.1 Å². The lowest BCUT2D eigenvalue weighted by Gasteiger charge is -2.42. The van der Waals surface area contributed by atoms with Crippen molar-refractivity contribution >= 4 is 15.9 Å². The first-order chi connectivity index (χ1) is 14.8. The van der Waals surface area contributed by atoms with Gasteiger partial charge in [0.25, 0.3) is 5.91 Å². The number of amides is 1. The number of hydrogen-bond acceptors (Lipinski definition) is 4. The van der Waals surface area contributed by atoms with E-state index in [9.17, 15) is 22.7 Å². The molecule has 0 radical (unpaired) electrons. The molecule has 3 rings (SSSR count). The van der Waals surface area contributed by atoms with Gasteiger partial charge in [0.2, 0.25) is 10.0 Å². The first-order valence-corrected chi connectivity index (χ1v) is 12.2. The second kappa shape index (κ2) is 9.78. The molecule has 1 amide bonds. The predicted octanol–water partition coefficient (Wildman–Crippen LogP) is 3.42. The standard InChI is InChI=1S/C23H29FN2O4S/c1-2-17-31(29,30)26-15-12-23(13-16-26,18-7-4-3-5-8-18)11-14-25-22(28)21-19(24)9-6-10-20(21)27/h3-10,27H,2,11-17H2,1H3,(H,25,28). The molecule has 0 unspecified atom stereocenters. The van der Waals surface area contributed by atoms with Crippen LogP contribution in [0.4, 0.5) is 4.39 Å². The van der Waals surface area contributed by atoms with Crippen molar-refractivity contribution in [1.82, 2.24) is 9.62 Å². The number of rotatable bonds is 8. The van der Waals surface area contributed by atoms with Gasteiger partial charge in [0.05, 0.1) is 5.75 Å². The Hall–Kier alpha value is -2.45. The molecule has 2 N–H and O–H groups in total. The van der Waals surface area contributed by atoms with Crippen LogP contribution in [0.2, 0.25) is 0 Å². The molecule has 1 fully saturated rings. The van der Waals surface area contributed by atoms with Crippen molar-refractivity contribution in [3.05, 3.63) is 65.5 Å². The Morgan fingerprint density at radius 3 is 2.42 bits per heavy atom. The summed E-state index contributed by atoms with van der Waals surface area (Å²) >= 11 is 0. The maximum atomic E-state index is 14.0. The van der Waals surface area contributed by atoms with Gasteiger partial charge in [-0.2, -0.15) is 0 Å². The molecule has 2 aromatic carbocycles. The van der Waals surface area contributed by atoms with Gasteiger partial charge in [0.1, 0.15) is 17.1 Å². The Bertz CT molecular complexity index is 983. The van der Waals surface area contributed by atoms with E-state index in [0.29, 0.717) is 38.8 Å². The van der Waals surface area contributed by atoms with E-state index in [4.69, 9.17) is 0 Å². The van der Waals surface area contributed by atoms with Gasteiger partial charge in [-0.05, 0) is 48.8 Å². The van der Waals surface area contributed by atoms with Crippen molar-refractivity contribution in [2.75, 3.05) is 25.4 Å². The molecule has 6 nitrogen and oxygen atoms in total. The second-order valence-electron chi connectivity index (χ2n) is 8.00. The zero-order chi connectivity index (χ0) is 22.5. The second-order valence-corrected chi connectivity index (χ2v) is 10.1. The SMILES string of the molecule is CCCS(=O)(=O)N1CCC(CCNC(=O)c2c(O)cccc2F)(c2ccccc2)CC1. The number of hydrogen-bond donors (Lipinski definition) is 2. The van der Waals surface area contributed by atoms with Crippen molar-refractivity contribution in [2.45, 2.75) is 38.0 Å². The van der Waals surface area contributed by atoms with Crippen LogP contribution < -0.4 is 5.32 Å². The maximum Gasteiger partial charge on any atom is 0.258 e. The third-order valence-electron chi connectivity index (χ3n) is 6.03. The van der Waals surface area contributed by atoms with Crippen LogP contribution in [-0.4, -0.2) is 49.1 Å². The van der Waals surface area contributed by atoms with Crippen LogP contribution in [0.5, 0.6) is 5.75 Å². The molecule has 31 heavy (non-hydrogen) atoms. The Morgan fingerprint density at radius 2 is 1.81 bits per heavy atom. The van der Waals surface area contributed by atoms with Crippen LogP contribution in [-0.2, 0) is 15.4 Å². The summed E-state index contributed by atoms with van der Waals surface area (Å²) in [6.45, 7) is 2.99. The number of aromatic hydroxyl groups is 1. The summed E-state index contributed by atoms with van der Waals surface area (Å²) in [5.41, 5.74) is 0.451. The minimum Gasteiger partial charge on any atom is -0.507 e. The molecule has 8 heteroatoms. The Kier molecular flexibility index (Phi) is 7.33.